The van der Waals surface area contributed by atoms with Crippen LogP contribution in [0.25, 0.3) is 0 Å². The number of hydrogen-bond donors (Lipinski definition) is 3. The number of nitrogens with one attached hydrogen (secondary N) is 3. The molecule has 1 aliphatic carbocycles. The zero-order valence-electron chi connectivity index (χ0n) is 12.3. The lowest BCUT2D eigenvalue weighted by Gasteiger charge is -2.23. The first-order chi connectivity index (χ1) is 10.5. The van der Waals surface area contributed by atoms with Gasteiger partial charge in [0.1, 0.15) is 0 Å². The Kier molecular flexibility index (Phi) is 4.46. The molecule has 1 aromatic carbocycles. The van der Waals surface area contributed by atoms with Crippen molar-refractivity contribution in [3.05, 3.63) is 29.8 Å². The first kappa shape index (κ1) is 15.5. The molecule has 1 aromatic rings. The van der Waals surface area contributed by atoms with E-state index in [9.17, 15) is 13.2 Å². The average molecular weight is 323 g/mol. The lowest BCUT2D eigenvalue weighted by Crippen LogP contribution is -2.45. The highest BCUT2D eigenvalue weighted by Crippen LogP contribution is 2.22. The van der Waals surface area contributed by atoms with Crippen LogP contribution in [-0.2, 0) is 10.0 Å². The van der Waals surface area contributed by atoms with Crippen molar-refractivity contribution in [1.29, 1.82) is 0 Å². The Labute approximate surface area is 130 Å². The molecule has 7 heteroatoms. The third kappa shape index (κ3) is 3.85. The Balaban J connectivity index is 1.64. The molecule has 0 unspecified atom stereocenters. The van der Waals surface area contributed by atoms with Gasteiger partial charge in [0, 0.05) is 24.2 Å². The van der Waals surface area contributed by atoms with E-state index in [1.165, 1.54) is 12.1 Å². The van der Waals surface area contributed by atoms with Gasteiger partial charge in [0.2, 0.25) is 10.0 Å². The summed E-state index contributed by atoms with van der Waals surface area (Å²) in [5.74, 6) is -0.159. The van der Waals surface area contributed by atoms with Crippen LogP contribution < -0.4 is 15.4 Å². The molecule has 0 spiro atoms. The van der Waals surface area contributed by atoms with E-state index >= 15 is 0 Å². The third-order valence-corrected chi connectivity index (χ3v) is 5.49. The van der Waals surface area contributed by atoms with Crippen LogP contribution in [0.2, 0.25) is 0 Å². The summed E-state index contributed by atoms with van der Waals surface area (Å²) < 4.78 is 26.7. The average Bonchev–Trinajstić information content (AvgIpc) is 3.32. The van der Waals surface area contributed by atoms with Gasteiger partial charge in [0.15, 0.2) is 0 Å². The van der Waals surface area contributed by atoms with E-state index in [2.05, 4.69) is 15.4 Å². The van der Waals surface area contributed by atoms with Crippen LogP contribution in [0.5, 0.6) is 0 Å². The van der Waals surface area contributed by atoms with Gasteiger partial charge in [0.05, 0.1) is 4.90 Å². The SMILES string of the molecule is O=C(N[C@H]1CCCNC1)c1ccc(S(=O)(=O)NC2CC2)cc1. The summed E-state index contributed by atoms with van der Waals surface area (Å²) in [5.41, 5.74) is 0.482. The smallest absolute Gasteiger partial charge is 0.251 e. The first-order valence-electron chi connectivity index (χ1n) is 7.68. The van der Waals surface area contributed by atoms with Gasteiger partial charge in [-0.2, -0.15) is 0 Å². The molecule has 22 heavy (non-hydrogen) atoms. The second kappa shape index (κ2) is 6.36. The maximum atomic E-state index is 12.2. The number of hydrogen-bond acceptors (Lipinski definition) is 4. The normalized spacial score (nSPS) is 22.3. The molecule has 0 aromatic heterocycles. The van der Waals surface area contributed by atoms with E-state index in [1.54, 1.807) is 12.1 Å². The highest BCUT2D eigenvalue weighted by Gasteiger charge is 2.28. The third-order valence-electron chi connectivity index (χ3n) is 3.96. The van der Waals surface area contributed by atoms with Crippen LogP contribution in [0.3, 0.4) is 0 Å². The van der Waals surface area contributed by atoms with Crippen molar-refractivity contribution in [1.82, 2.24) is 15.4 Å². The van der Waals surface area contributed by atoms with Crippen LogP contribution in [0, 0.1) is 0 Å². The summed E-state index contributed by atoms with van der Waals surface area (Å²) in [5, 5.41) is 6.21. The van der Waals surface area contributed by atoms with E-state index in [0.29, 0.717) is 5.56 Å². The molecule has 3 N–H and O–H groups in total. The molecular formula is C15H21N3O3S. The van der Waals surface area contributed by atoms with Crippen molar-refractivity contribution >= 4 is 15.9 Å². The molecule has 2 aliphatic rings. The second-order valence-electron chi connectivity index (χ2n) is 5.94. The van der Waals surface area contributed by atoms with Crippen LogP contribution >= 0.6 is 0 Å². The van der Waals surface area contributed by atoms with Crippen molar-refractivity contribution in [3.8, 4) is 0 Å². The zero-order chi connectivity index (χ0) is 15.6. The molecule has 1 heterocycles. The van der Waals surface area contributed by atoms with Crippen molar-refractivity contribution in [2.45, 2.75) is 42.7 Å². The Hall–Kier alpha value is -1.44. The van der Waals surface area contributed by atoms with Gasteiger partial charge >= 0.3 is 0 Å². The molecule has 120 valence electrons. The Morgan fingerprint density at radius 2 is 1.82 bits per heavy atom. The summed E-state index contributed by atoms with van der Waals surface area (Å²) in [6.07, 6.45) is 3.82. The minimum absolute atomic E-state index is 0.0757. The Bertz CT molecular complexity index is 633. The lowest BCUT2D eigenvalue weighted by atomic mass is 10.1. The van der Waals surface area contributed by atoms with Gasteiger partial charge in [-0.15, -0.1) is 0 Å². The number of benzene rings is 1. The second-order valence-corrected chi connectivity index (χ2v) is 7.65. The van der Waals surface area contributed by atoms with Crippen molar-refractivity contribution < 1.29 is 13.2 Å². The van der Waals surface area contributed by atoms with E-state index in [1.807, 2.05) is 0 Å². The molecule has 0 radical (unpaired) electrons. The minimum atomic E-state index is -3.46. The Morgan fingerprint density at radius 1 is 1.09 bits per heavy atom. The highest BCUT2D eigenvalue weighted by atomic mass is 32.2. The van der Waals surface area contributed by atoms with Crippen molar-refractivity contribution in [2.24, 2.45) is 0 Å². The first-order valence-corrected chi connectivity index (χ1v) is 9.17. The number of piperidine rings is 1. The van der Waals surface area contributed by atoms with Gasteiger partial charge in [-0.3, -0.25) is 4.79 Å². The molecule has 1 saturated heterocycles. The molecule has 0 bridgehead atoms. The topological polar surface area (TPSA) is 87.3 Å². The molecule has 1 aliphatic heterocycles. The van der Waals surface area contributed by atoms with Gasteiger partial charge in [0.25, 0.3) is 5.91 Å². The summed E-state index contributed by atoms with van der Waals surface area (Å²) in [6, 6.07) is 6.31. The lowest BCUT2D eigenvalue weighted by molar-refractivity contribution is 0.0930. The molecule has 6 nitrogen and oxygen atoms in total. The summed E-state index contributed by atoms with van der Waals surface area (Å²) >= 11 is 0. The van der Waals surface area contributed by atoms with Gasteiger partial charge < -0.3 is 10.6 Å². The summed E-state index contributed by atoms with van der Waals surface area (Å²) in [4.78, 5) is 12.4. The molecular weight excluding hydrogens is 302 g/mol. The molecule has 1 saturated carbocycles. The number of rotatable bonds is 5. The molecule has 1 amide bonds. The minimum Gasteiger partial charge on any atom is -0.348 e. The highest BCUT2D eigenvalue weighted by molar-refractivity contribution is 7.89. The number of carbonyl (C=O) groups excluding carboxylic acids is 1. The van der Waals surface area contributed by atoms with E-state index in [-0.39, 0.29) is 22.9 Å². The maximum Gasteiger partial charge on any atom is 0.251 e. The quantitative estimate of drug-likeness (QED) is 0.741. The predicted molar refractivity (Wildman–Crippen MR) is 83.1 cm³/mol. The fourth-order valence-corrected chi connectivity index (χ4v) is 3.82. The fraction of sp³-hybridized carbons (Fsp3) is 0.533. The monoisotopic (exact) mass is 323 g/mol. The zero-order valence-corrected chi connectivity index (χ0v) is 13.2. The van der Waals surface area contributed by atoms with Crippen LogP contribution in [-0.4, -0.2) is 39.5 Å². The van der Waals surface area contributed by atoms with Crippen molar-refractivity contribution in [2.75, 3.05) is 13.1 Å². The standard InChI is InChI=1S/C15H21N3O3S/c19-15(17-13-2-1-9-16-10-13)11-3-7-14(8-4-11)22(20,21)18-12-5-6-12/h3-4,7-8,12-13,16,18H,1-2,5-6,9-10H2,(H,17,19)/t13-/m0/s1. The molecule has 1 atom stereocenters. The van der Waals surface area contributed by atoms with E-state index in [4.69, 9.17) is 0 Å². The van der Waals surface area contributed by atoms with Gasteiger partial charge in [-0.25, -0.2) is 13.1 Å². The van der Waals surface area contributed by atoms with E-state index in [0.717, 1.165) is 38.8 Å². The van der Waals surface area contributed by atoms with Crippen LogP contribution in [0.15, 0.2) is 29.2 Å². The Morgan fingerprint density at radius 3 is 2.41 bits per heavy atom. The number of carbonyl (C=O) groups is 1. The maximum absolute atomic E-state index is 12.2. The van der Waals surface area contributed by atoms with Gasteiger partial charge in [-0.1, -0.05) is 0 Å². The van der Waals surface area contributed by atoms with Crippen molar-refractivity contribution in [3.63, 3.8) is 0 Å². The van der Waals surface area contributed by atoms with Crippen LogP contribution in [0.4, 0.5) is 0 Å². The molecule has 3 rings (SSSR count). The predicted octanol–water partition coefficient (Wildman–Crippen LogP) is 0.609. The number of sulfonamides is 1. The largest absolute Gasteiger partial charge is 0.348 e. The summed E-state index contributed by atoms with van der Waals surface area (Å²) in [6.45, 7) is 1.77. The fourth-order valence-electron chi connectivity index (χ4n) is 2.52. The number of amides is 1. The summed E-state index contributed by atoms with van der Waals surface area (Å²) in [7, 11) is -3.46. The molecule has 2 fully saturated rings. The van der Waals surface area contributed by atoms with Crippen LogP contribution in [0.1, 0.15) is 36.0 Å². The van der Waals surface area contributed by atoms with Gasteiger partial charge in [-0.05, 0) is 56.5 Å². The van der Waals surface area contributed by atoms with E-state index < -0.39 is 10.0 Å².